The highest BCUT2D eigenvalue weighted by molar-refractivity contribution is 5.69. The first kappa shape index (κ1) is 27.3. The number of hydrogen-bond acceptors (Lipinski definition) is 2. The Morgan fingerprint density at radius 3 is 2.54 bits per heavy atom. The maximum atomic E-state index is 12.4. The predicted octanol–water partition coefficient (Wildman–Crippen LogP) is 9.52. The average Bonchev–Trinajstić information content (AvgIpc) is 3.16. The van der Waals surface area contributed by atoms with Crippen molar-refractivity contribution in [1.29, 1.82) is 0 Å². The van der Waals surface area contributed by atoms with Crippen molar-refractivity contribution in [2.75, 3.05) is 0 Å². The second-order valence-corrected chi connectivity index (χ2v) is 14.1. The number of unbranched alkanes of at least 4 members (excludes halogenated alkanes) is 2. The normalized spacial score (nSPS) is 39.4. The van der Waals surface area contributed by atoms with E-state index in [1.807, 2.05) is 0 Å². The molecule has 2 nitrogen and oxygen atoms in total. The molecule has 0 bridgehead atoms. The maximum absolute atomic E-state index is 12.4. The van der Waals surface area contributed by atoms with Crippen LogP contribution in [0, 0.1) is 46.3 Å². The first-order chi connectivity index (χ1) is 16.7. The summed E-state index contributed by atoms with van der Waals surface area (Å²) in [6.45, 7) is 14.8. The molecular formula is C33H56O2. The minimum Gasteiger partial charge on any atom is -0.462 e. The van der Waals surface area contributed by atoms with Crippen LogP contribution < -0.4 is 0 Å². The number of ether oxygens (including phenoxy) is 1. The summed E-state index contributed by atoms with van der Waals surface area (Å²) >= 11 is 0. The van der Waals surface area contributed by atoms with Gasteiger partial charge in [-0.1, -0.05) is 85.3 Å². The lowest BCUT2D eigenvalue weighted by atomic mass is 9.47. The predicted molar refractivity (Wildman–Crippen MR) is 147 cm³/mol. The van der Waals surface area contributed by atoms with Gasteiger partial charge in [-0.15, -0.1) is 0 Å². The van der Waals surface area contributed by atoms with Gasteiger partial charge in [0.05, 0.1) is 0 Å². The number of allylic oxidation sites excluding steroid dienone is 1. The lowest BCUT2D eigenvalue weighted by Crippen LogP contribution is -2.51. The van der Waals surface area contributed by atoms with Gasteiger partial charge in [0.15, 0.2) is 0 Å². The van der Waals surface area contributed by atoms with Crippen molar-refractivity contribution in [2.45, 2.75) is 144 Å². The Balaban J connectivity index is 1.39. The van der Waals surface area contributed by atoms with Crippen LogP contribution in [0.3, 0.4) is 0 Å². The molecule has 0 radical (unpaired) electrons. The van der Waals surface area contributed by atoms with E-state index in [0.29, 0.717) is 17.3 Å². The van der Waals surface area contributed by atoms with Crippen LogP contribution in [0.5, 0.6) is 0 Å². The maximum Gasteiger partial charge on any atom is 0.306 e. The summed E-state index contributed by atoms with van der Waals surface area (Å²) in [5.74, 6) is 5.33. The molecule has 0 spiro atoms. The van der Waals surface area contributed by atoms with Crippen LogP contribution in [0.2, 0.25) is 0 Å². The van der Waals surface area contributed by atoms with Crippen molar-refractivity contribution in [3.8, 4) is 0 Å². The summed E-state index contributed by atoms with van der Waals surface area (Å²) in [5, 5.41) is 0. The van der Waals surface area contributed by atoms with E-state index in [-0.39, 0.29) is 12.1 Å². The van der Waals surface area contributed by atoms with E-state index < -0.39 is 0 Å². The molecule has 0 amide bonds. The molecule has 35 heavy (non-hydrogen) atoms. The smallest absolute Gasteiger partial charge is 0.306 e. The molecule has 3 fully saturated rings. The lowest BCUT2D eigenvalue weighted by Gasteiger charge is -2.58. The SMILES string of the molecule is CCCCCC(=O)O[C@@H]1CC[C@@]2(C)C(=CC[C@H]3[C@H]4CC[C@H]([C@H](C)CCCC(C)C)[C@@]4(C)CC[C@H]32)C1. The van der Waals surface area contributed by atoms with Crippen LogP contribution in [0.25, 0.3) is 0 Å². The Morgan fingerprint density at radius 2 is 1.80 bits per heavy atom. The Kier molecular flexibility index (Phi) is 8.80. The van der Waals surface area contributed by atoms with E-state index in [0.717, 1.165) is 67.6 Å². The van der Waals surface area contributed by atoms with Gasteiger partial charge in [0, 0.05) is 12.8 Å². The van der Waals surface area contributed by atoms with Gasteiger partial charge >= 0.3 is 5.97 Å². The van der Waals surface area contributed by atoms with Crippen LogP contribution in [0.4, 0.5) is 0 Å². The molecule has 3 saturated carbocycles. The monoisotopic (exact) mass is 484 g/mol. The van der Waals surface area contributed by atoms with Crippen molar-refractivity contribution in [3.05, 3.63) is 11.6 Å². The first-order valence-corrected chi connectivity index (χ1v) is 15.6. The molecule has 0 unspecified atom stereocenters. The second-order valence-electron chi connectivity index (χ2n) is 14.1. The highest BCUT2D eigenvalue weighted by atomic mass is 16.5. The van der Waals surface area contributed by atoms with Gasteiger partial charge in [0.2, 0.25) is 0 Å². The summed E-state index contributed by atoms with van der Waals surface area (Å²) < 4.78 is 5.96. The van der Waals surface area contributed by atoms with E-state index in [2.05, 4.69) is 47.6 Å². The van der Waals surface area contributed by atoms with E-state index in [4.69, 9.17) is 4.74 Å². The van der Waals surface area contributed by atoms with Gasteiger partial charge in [-0.3, -0.25) is 4.79 Å². The van der Waals surface area contributed by atoms with Gasteiger partial charge in [0.1, 0.15) is 6.10 Å². The molecule has 0 heterocycles. The van der Waals surface area contributed by atoms with E-state index in [9.17, 15) is 4.79 Å². The molecule has 0 aromatic heterocycles. The molecule has 2 heteroatoms. The van der Waals surface area contributed by atoms with Crippen molar-refractivity contribution in [2.24, 2.45) is 46.3 Å². The Bertz CT molecular complexity index is 752. The molecular weight excluding hydrogens is 428 g/mol. The minimum absolute atomic E-state index is 0.0364. The standard InChI is InChI=1S/C33H56O2/c1-7-8-9-13-31(34)35-26-18-20-32(5)25(22-26)14-15-27-29-17-16-28(24(4)12-10-11-23(2)3)33(29,6)21-19-30(27)32/h14,23-24,26-30H,7-13,15-22H2,1-6H3/t24-,26-,27+,28-,29-,30-,32+,33-/m1/s1. The zero-order chi connectivity index (χ0) is 25.2. The Labute approximate surface area is 217 Å². The molecule has 0 aromatic rings. The van der Waals surface area contributed by atoms with Crippen molar-refractivity contribution in [3.63, 3.8) is 0 Å². The highest BCUT2D eigenvalue weighted by Gasteiger charge is 2.59. The van der Waals surface area contributed by atoms with Crippen LogP contribution in [0.15, 0.2) is 11.6 Å². The molecule has 0 aromatic carbocycles. The van der Waals surface area contributed by atoms with E-state index in [1.165, 1.54) is 57.8 Å². The topological polar surface area (TPSA) is 26.3 Å². The fourth-order valence-electron chi connectivity index (χ4n) is 9.52. The second kappa shape index (κ2) is 11.3. The third-order valence-electron chi connectivity index (χ3n) is 11.5. The summed E-state index contributed by atoms with van der Waals surface area (Å²) in [7, 11) is 0. The summed E-state index contributed by atoms with van der Waals surface area (Å²) in [6, 6.07) is 0. The fourth-order valence-corrected chi connectivity index (χ4v) is 9.52. The van der Waals surface area contributed by atoms with Crippen LogP contribution in [-0.4, -0.2) is 12.1 Å². The highest BCUT2D eigenvalue weighted by Crippen LogP contribution is 2.67. The molecule has 200 valence electrons. The fraction of sp³-hybridized carbons (Fsp3) is 0.909. The molecule has 0 saturated heterocycles. The summed E-state index contributed by atoms with van der Waals surface area (Å²) in [6.07, 6.45) is 21.2. The van der Waals surface area contributed by atoms with Gasteiger partial charge in [-0.25, -0.2) is 0 Å². The zero-order valence-electron chi connectivity index (χ0n) is 24.0. The third kappa shape index (κ3) is 5.57. The lowest BCUT2D eigenvalue weighted by molar-refractivity contribution is -0.151. The number of carbonyl (C=O) groups excluding carboxylic acids is 1. The van der Waals surface area contributed by atoms with Crippen LogP contribution in [-0.2, 0) is 9.53 Å². The molecule has 8 atom stereocenters. The first-order valence-electron chi connectivity index (χ1n) is 15.6. The van der Waals surface area contributed by atoms with E-state index >= 15 is 0 Å². The number of hydrogen-bond donors (Lipinski definition) is 0. The average molecular weight is 485 g/mol. The molecule has 0 aliphatic heterocycles. The third-order valence-corrected chi connectivity index (χ3v) is 11.5. The summed E-state index contributed by atoms with van der Waals surface area (Å²) in [5.41, 5.74) is 2.54. The van der Waals surface area contributed by atoms with Crippen molar-refractivity contribution < 1.29 is 9.53 Å². The molecule has 4 aliphatic carbocycles. The largest absolute Gasteiger partial charge is 0.462 e. The molecule has 0 N–H and O–H groups in total. The Hall–Kier alpha value is -0.790. The zero-order valence-corrected chi connectivity index (χ0v) is 24.0. The van der Waals surface area contributed by atoms with Gasteiger partial charge < -0.3 is 4.74 Å². The number of rotatable bonds is 10. The van der Waals surface area contributed by atoms with Crippen molar-refractivity contribution in [1.82, 2.24) is 0 Å². The van der Waals surface area contributed by atoms with Crippen molar-refractivity contribution >= 4 is 5.97 Å². The van der Waals surface area contributed by atoms with Crippen LogP contribution >= 0.6 is 0 Å². The Morgan fingerprint density at radius 1 is 1.00 bits per heavy atom. The minimum atomic E-state index is 0.0364. The number of esters is 1. The van der Waals surface area contributed by atoms with Crippen LogP contribution in [0.1, 0.15) is 138 Å². The molecule has 4 aliphatic rings. The van der Waals surface area contributed by atoms with E-state index in [1.54, 1.807) is 5.57 Å². The quantitative estimate of drug-likeness (QED) is 0.175. The number of carbonyl (C=O) groups is 1. The van der Waals surface area contributed by atoms with Gasteiger partial charge in [0.25, 0.3) is 0 Å². The van der Waals surface area contributed by atoms with Gasteiger partial charge in [-0.05, 0) is 97.7 Å². The number of fused-ring (bicyclic) bond motifs is 5. The summed E-state index contributed by atoms with van der Waals surface area (Å²) in [4.78, 5) is 12.4. The molecule has 4 rings (SSSR count). The van der Waals surface area contributed by atoms with Gasteiger partial charge in [-0.2, -0.15) is 0 Å².